The molecule has 144 valence electrons. The number of carbonyl (C=O) groups excluding carboxylic acids is 1. The minimum atomic E-state index is -0.227. The summed E-state index contributed by atoms with van der Waals surface area (Å²) >= 11 is 0. The van der Waals surface area contributed by atoms with Gasteiger partial charge in [0.05, 0.1) is 12.8 Å². The summed E-state index contributed by atoms with van der Waals surface area (Å²) in [6, 6.07) is 7.28. The second-order valence-corrected chi connectivity index (χ2v) is 6.46. The van der Waals surface area contributed by atoms with Crippen molar-refractivity contribution in [3.8, 4) is 5.75 Å². The Labute approximate surface area is 159 Å². The van der Waals surface area contributed by atoms with Crippen LogP contribution in [0.5, 0.6) is 5.75 Å². The number of aryl methyl sites for hydroxylation is 1. The fraction of sp³-hybridized carbons (Fsp3) is 0.421. The van der Waals surface area contributed by atoms with Gasteiger partial charge in [0.25, 0.3) is 0 Å². The van der Waals surface area contributed by atoms with Gasteiger partial charge in [0.2, 0.25) is 5.95 Å². The maximum atomic E-state index is 12.1. The first kappa shape index (κ1) is 18.9. The molecule has 2 N–H and O–H groups in total. The number of amides is 2. The summed E-state index contributed by atoms with van der Waals surface area (Å²) in [5.41, 5.74) is 1.73. The number of aromatic nitrogens is 2. The molecule has 8 heteroatoms. The van der Waals surface area contributed by atoms with Crippen LogP contribution < -0.4 is 20.3 Å². The standard InChI is InChI=1S/C19H26N6O2/c1-15-4-5-17(27-2)16(14-15)23-19(26)22-8-9-24-10-12-25(13-11-24)18-20-6-3-7-21-18/h3-7,14H,8-13H2,1-2H3,(H2,22,23,26). The molecule has 27 heavy (non-hydrogen) atoms. The Kier molecular flexibility index (Phi) is 6.43. The van der Waals surface area contributed by atoms with E-state index in [1.54, 1.807) is 19.5 Å². The van der Waals surface area contributed by atoms with Crippen LogP contribution in [0.15, 0.2) is 36.7 Å². The Morgan fingerprint density at radius 2 is 1.93 bits per heavy atom. The van der Waals surface area contributed by atoms with E-state index in [1.807, 2.05) is 31.2 Å². The molecule has 0 radical (unpaired) electrons. The lowest BCUT2D eigenvalue weighted by Gasteiger charge is -2.34. The van der Waals surface area contributed by atoms with Crippen molar-refractivity contribution in [3.05, 3.63) is 42.2 Å². The molecule has 8 nitrogen and oxygen atoms in total. The third kappa shape index (κ3) is 5.30. The number of ether oxygens (including phenoxy) is 1. The number of methoxy groups -OCH3 is 1. The van der Waals surface area contributed by atoms with Gasteiger partial charge in [0.1, 0.15) is 5.75 Å². The van der Waals surface area contributed by atoms with Crippen molar-refractivity contribution in [1.29, 1.82) is 0 Å². The SMILES string of the molecule is COc1ccc(C)cc1NC(=O)NCCN1CCN(c2ncccn2)CC1. The average molecular weight is 370 g/mol. The number of nitrogens with one attached hydrogen (secondary N) is 2. The Hall–Kier alpha value is -2.87. The quantitative estimate of drug-likeness (QED) is 0.806. The van der Waals surface area contributed by atoms with E-state index in [2.05, 4.69) is 30.4 Å². The summed E-state index contributed by atoms with van der Waals surface area (Å²) in [6.07, 6.45) is 3.53. The molecule has 0 atom stereocenters. The first-order valence-corrected chi connectivity index (χ1v) is 9.09. The molecule has 0 bridgehead atoms. The molecule has 0 aliphatic carbocycles. The molecular weight excluding hydrogens is 344 g/mol. The molecule has 2 heterocycles. The highest BCUT2D eigenvalue weighted by Crippen LogP contribution is 2.24. The zero-order valence-electron chi connectivity index (χ0n) is 15.8. The first-order valence-electron chi connectivity index (χ1n) is 9.09. The molecule has 0 unspecified atom stereocenters. The number of piperazine rings is 1. The summed E-state index contributed by atoms with van der Waals surface area (Å²) in [4.78, 5) is 25.2. The monoisotopic (exact) mass is 370 g/mol. The van der Waals surface area contributed by atoms with Crippen LogP contribution in [0.3, 0.4) is 0 Å². The molecule has 2 amide bonds. The van der Waals surface area contributed by atoms with E-state index >= 15 is 0 Å². The van der Waals surface area contributed by atoms with Gasteiger partial charge in [-0.25, -0.2) is 14.8 Å². The van der Waals surface area contributed by atoms with Gasteiger partial charge < -0.3 is 20.3 Å². The van der Waals surface area contributed by atoms with Gasteiger partial charge >= 0.3 is 6.03 Å². The lowest BCUT2D eigenvalue weighted by atomic mass is 10.2. The molecule has 0 saturated carbocycles. The molecule has 1 aliphatic heterocycles. The van der Waals surface area contributed by atoms with E-state index < -0.39 is 0 Å². The van der Waals surface area contributed by atoms with E-state index in [9.17, 15) is 4.79 Å². The summed E-state index contributed by atoms with van der Waals surface area (Å²) in [5, 5.41) is 5.76. The first-order chi connectivity index (χ1) is 13.2. The van der Waals surface area contributed by atoms with E-state index in [0.717, 1.165) is 44.2 Å². The van der Waals surface area contributed by atoms with Crippen molar-refractivity contribution in [1.82, 2.24) is 20.2 Å². The molecule has 1 fully saturated rings. The molecule has 2 aromatic rings. The Bertz CT molecular complexity index is 747. The number of anilines is 2. The topological polar surface area (TPSA) is 82.6 Å². The van der Waals surface area contributed by atoms with Gasteiger partial charge in [-0.1, -0.05) is 6.07 Å². The van der Waals surface area contributed by atoms with Gasteiger partial charge in [-0.05, 0) is 30.7 Å². The zero-order valence-corrected chi connectivity index (χ0v) is 15.8. The van der Waals surface area contributed by atoms with Crippen LogP contribution in [0.25, 0.3) is 0 Å². The third-order valence-electron chi connectivity index (χ3n) is 4.52. The van der Waals surface area contributed by atoms with E-state index in [0.29, 0.717) is 18.0 Å². The molecule has 1 aromatic heterocycles. The highest BCUT2D eigenvalue weighted by atomic mass is 16.5. The van der Waals surface area contributed by atoms with Crippen molar-refractivity contribution in [2.24, 2.45) is 0 Å². The normalized spacial score (nSPS) is 14.7. The number of rotatable bonds is 6. The predicted molar refractivity (Wildman–Crippen MR) is 105 cm³/mol. The lowest BCUT2D eigenvalue weighted by molar-refractivity contribution is 0.240. The summed E-state index contributed by atoms with van der Waals surface area (Å²) in [5.74, 6) is 1.43. The molecule has 1 aliphatic rings. The van der Waals surface area contributed by atoms with E-state index in [-0.39, 0.29) is 6.03 Å². The van der Waals surface area contributed by atoms with Gasteiger partial charge in [-0.15, -0.1) is 0 Å². The summed E-state index contributed by atoms with van der Waals surface area (Å²) in [7, 11) is 1.59. The largest absolute Gasteiger partial charge is 0.495 e. The van der Waals surface area contributed by atoms with Crippen LogP contribution in [-0.2, 0) is 0 Å². The van der Waals surface area contributed by atoms with Crippen molar-refractivity contribution in [2.45, 2.75) is 6.92 Å². The third-order valence-corrected chi connectivity index (χ3v) is 4.52. The van der Waals surface area contributed by atoms with Crippen molar-refractivity contribution in [2.75, 3.05) is 56.6 Å². The molecule has 1 saturated heterocycles. The van der Waals surface area contributed by atoms with Gasteiger partial charge in [-0.2, -0.15) is 0 Å². The molecule has 0 spiro atoms. The second-order valence-electron chi connectivity index (χ2n) is 6.46. The van der Waals surface area contributed by atoms with Crippen LogP contribution >= 0.6 is 0 Å². The number of nitrogens with zero attached hydrogens (tertiary/aromatic N) is 4. The smallest absolute Gasteiger partial charge is 0.319 e. The number of hydrogen-bond acceptors (Lipinski definition) is 6. The van der Waals surface area contributed by atoms with Gasteiger partial charge in [0.15, 0.2) is 0 Å². The van der Waals surface area contributed by atoms with Crippen LogP contribution in [0.4, 0.5) is 16.4 Å². The fourth-order valence-electron chi connectivity index (χ4n) is 3.04. The fourth-order valence-corrected chi connectivity index (χ4v) is 3.04. The number of urea groups is 1. The van der Waals surface area contributed by atoms with E-state index in [1.165, 1.54) is 0 Å². The second kappa shape index (κ2) is 9.18. The Balaban J connectivity index is 1.39. The number of hydrogen-bond donors (Lipinski definition) is 2. The van der Waals surface area contributed by atoms with E-state index in [4.69, 9.17) is 4.74 Å². The Morgan fingerprint density at radius 3 is 2.63 bits per heavy atom. The zero-order chi connectivity index (χ0) is 19.1. The van der Waals surface area contributed by atoms with Crippen LogP contribution in [-0.4, -0.2) is 67.3 Å². The van der Waals surface area contributed by atoms with Crippen molar-refractivity contribution < 1.29 is 9.53 Å². The molecule has 3 rings (SSSR count). The van der Waals surface area contributed by atoms with Crippen LogP contribution in [0.1, 0.15) is 5.56 Å². The number of benzene rings is 1. The summed E-state index contributed by atoms with van der Waals surface area (Å²) in [6.45, 7) is 6.99. The predicted octanol–water partition coefficient (Wildman–Crippen LogP) is 1.74. The van der Waals surface area contributed by atoms with Crippen LogP contribution in [0.2, 0.25) is 0 Å². The minimum absolute atomic E-state index is 0.227. The molecular formula is C19H26N6O2. The maximum absolute atomic E-state index is 12.1. The summed E-state index contributed by atoms with van der Waals surface area (Å²) < 4.78 is 5.28. The number of carbonyl (C=O) groups is 1. The van der Waals surface area contributed by atoms with Crippen molar-refractivity contribution in [3.63, 3.8) is 0 Å². The highest BCUT2D eigenvalue weighted by molar-refractivity contribution is 5.91. The molecule has 1 aromatic carbocycles. The lowest BCUT2D eigenvalue weighted by Crippen LogP contribution is -2.49. The van der Waals surface area contributed by atoms with Crippen molar-refractivity contribution >= 4 is 17.7 Å². The van der Waals surface area contributed by atoms with Gasteiger partial charge in [0, 0.05) is 51.7 Å². The Morgan fingerprint density at radius 1 is 1.19 bits per heavy atom. The maximum Gasteiger partial charge on any atom is 0.319 e. The highest BCUT2D eigenvalue weighted by Gasteiger charge is 2.18. The minimum Gasteiger partial charge on any atom is -0.495 e. The van der Waals surface area contributed by atoms with Gasteiger partial charge in [-0.3, -0.25) is 4.90 Å². The van der Waals surface area contributed by atoms with Crippen LogP contribution in [0, 0.1) is 6.92 Å². The average Bonchev–Trinajstić information content (AvgIpc) is 2.69.